The van der Waals surface area contributed by atoms with Gasteiger partial charge in [-0.1, -0.05) is 0 Å². The highest BCUT2D eigenvalue weighted by Gasteiger charge is 2.45. The number of rotatable bonds is 2. The van der Waals surface area contributed by atoms with Crippen LogP contribution in [0.15, 0.2) is 0 Å². The molecule has 0 bridgehead atoms. The van der Waals surface area contributed by atoms with Crippen LogP contribution in [0.3, 0.4) is 0 Å². The molecule has 2 unspecified atom stereocenters. The number of alkyl carbamates (subject to hydrolysis) is 1. The highest BCUT2D eigenvalue weighted by molar-refractivity contribution is 5.69. The molecule has 6 nitrogen and oxygen atoms in total. The zero-order valence-corrected chi connectivity index (χ0v) is 12.0. The van der Waals surface area contributed by atoms with E-state index in [1.165, 1.54) is 0 Å². The van der Waals surface area contributed by atoms with Gasteiger partial charge in [0.25, 0.3) is 0 Å². The summed E-state index contributed by atoms with van der Waals surface area (Å²) < 4.78 is 16.3. The third-order valence-electron chi connectivity index (χ3n) is 3.39. The van der Waals surface area contributed by atoms with E-state index in [1.807, 2.05) is 20.8 Å². The Bertz CT molecular complexity index is 315. The summed E-state index contributed by atoms with van der Waals surface area (Å²) in [6.07, 6.45) is 0.373. The van der Waals surface area contributed by atoms with Gasteiger partial charge in [0.2, 0.25) is 0 Å². The zero-order chi connectivity index (χ0) is 13.9. The van der Waals surface area contributed by atoms with Crippen molar-refractivity contribution in [3.8, 4) is 0 Å². The van der Waals surface area contributed by atoms with Gasteiger partial charge in [-0.25, -0.2) is 4.79 Å². The van der Waals surface area contributed by atoms with E-state index >= 15 is 0 Å². The monoisotopic (exact) mass is 272 g/mol. The lowest BCUT2D eigenvalue weighted by atomic mass is 9.89. The number of amides is 1. The SMILES string of the molecule is CC(C)(C)OC(=O)NC1(C2COCCN2)CCOC1. The third-order valence-corrected chi connectivity index (χ3v) is 3.39. The molecule has 2 fully saturated rings. The Labute approximate surface area is 114 Å². The van der Waals surface area contributed by atoms with Crippen molar-refractivity contribution in [2.24, 2.45) is 0 Å². The summed E-state index contributed by atoms with van der Waals surface area (Å²) in [7, 11) is 0. The number of carbonyl (C=O) groups excluding carboxylic acids is 1. The quantitative estimate of drug-likeness (QED) is 0.773. The molecular weight excluding hydrogens is 248 g/mol. The molecule has 2 rings (SSSR count). The van der Waals surface area contributed by atoms with Crippen molar-refractivity contribution in [3.05, 3.63) is 0 Å². The number of ether oxygens (including phenoxy) is 3. The fraction of sp³-hybridized carbons (Fsp3) is 0.923. The minimum atomic E-state index is -0.499. The van der Waals surface area contributed by atoms with Crippen molar-refractivity contribution < 1.29 is 19.0 Å². The van der Waals surface area contributed by atoms with E-state index in [-0.39, 0.29) is 6.04 Å². The van der Waals surface area contributed by atoms with Gasteiger partial charge in [-0.05, 0) is 27.2 Å². The minimum Gasteiger partial charge on any atom is -0.444 e. The Kier molecular flexibility index (Phi) is 4.32. The van der Waals surface area contributed by atoms with Crippen LogP contribution >= 0.6 is 0 Å². The summed E-state index contributed by atoms with van der Waals surface area (Å²) in [5.74, 6) is 0. The fourth-order valence-electron chi connectivity index (χ4n) is 2.47. The van der Waals surface area contributed by atoms with Crippen LogP contribution in [-0.4, -0.2) is 56.2 Å². The average Bonchev–Trinajstić information content (AvgIpc) is 2.77. The predicted octanol–water partition coefficient (Wildman–Crippen LogP) is 0.659. The maximum atomic E-state index is 12.0. The van der Waals surface area contributed by atoms with Crippen LogP contribution in [0.25, 0.3) is 0 Å². The lowest BCUT2D eigenvalue weighted by Crippen LogP contribution is -2.65. The molecule has 2 heterocycles. The number of morpholine rings is 1. The first-order valence-corrected chi connectivity index (χ1v) is 6.81. The maximum absolute atomic E-state index is 12.0. The molecule has 6 heteroatoms. The number of nitrogens with one attached hydrogen (secondary N) is 2. The Morgan fingerprint density at radius 3 is 2.68 bits per heavy atom. The summed E-state index contributed by atoms with van der Waals surface area (Å²) in [5, 5.41) is 6.38. The van der Waals surface area contributed by atoms with Crippen LogP contribution in [0.4, 0.5) is 4.79 Å². The lowest BCUT2D eigenvalue weighted by molar-refractivity contribution is 0.0167. The molecule has 19 heavy (non-hydrogen) atoms. The molecule has 2 N–H and O–H groups in total. The molecule has 0 saturated carbocycles. The van der Waals surface area contributed by atoms with Gasteiger partial charge in [0.05, 0.1) is 31.4 Å². The first-order valence-electron chi connectivity index (χ1n) is 6.81. The van der Waals surface area contributed by atoms with E-state index < -0.39 is 17.2 Å². The third kappa shape index (κ3) is 3.81. The maximum Gasteiger partial charge on any atom is 0.408 e. The minimum absolute atomic E-state index is 0.0660. The molecule has 0 aliphatic carbocycles. The highest BCUT2D eigenvalue weighted by atomic mass is 16.6. The van der Waals surface area contributed by atoms with Crippen molar-refractivity contribution in [3.63, 3.8) is 0 Å². The molecule has 0 spiro atoms. The molecule has 110 valence electrons. The Morgan fingerprint density at radius 1 is 1.37 bits per heavy atom. The summed E-state index contributed by atoms with van der Waals surface area (Å²) in [5.41, 5.74) is -0.927. The van der Waals surface area contributed by atoms with Gasteiger partial charge in [-0.3, -0.25) is 0 Å². The van der Waals surface area contributed by atoms with E-state index in [0.29, 0.717) is 26.4 Å². The van der Waals surface area contributed by atoms with E-state index in [1.54, 1.807) is 0 Å². The van der Waals surface area contributed by atoms with Gasteiger partial charge < -0.3 is 24.8 Å². The molecule has 2 atom stereocenters. The largest absolute Gasteiger partial charge is 0.444 e. The Balaban J connectivity index is 2.00. The van der Waals surface area contributed by atoms with Crippen LogP contribution in [0, 0.1) is 0 Å². The molecule has 2 saturated heterocycles. The highest BCUT2D eigenvalue weighted by Crippen LogP contribution is 2.25. The van der Waals surface area contributed by atoms with Gasteiger partial charge >= 0.3 is 6.09 Å². The number of carbonyl (C=O) groups is 1. The second kappa shape index (κ2) is 5.64. The topological polar surface area (TPSA) is 68.8 Å². The molecule has 0 aromatic rings. The molecular formula is C13H24N2O4. The Hall–Kier alpha value is -0.850. The first-order chi connectivity index (χ1) is 8.91. The molecule has 2 aliphatic heterocycles. The molecule has 0 aromatic heterocycles. The summed E-state index contributed by atoms with van der Waals surface area (Å²) in [6.45, 7) is 8.79. The van der Waals surface area contributed by atoms with Crippen molar-refractivity contribution in [1.82, 2.24) is 10.6 Å². The van der Waals surface area contributed by atoms with Gasteiger partial charge in [-0.2, -0.15) is 0 Å². The van der Waals surface area contributed by atoms with E-state index in [9.17, 15) is 4.79 Å². The van der Waals surface area contributed by atoms with E-state index in [2.05, 4.69) is 10.6 Å². The summed E-state index contributed by atoms with van der Waals surface area (Å²) in [6, 6.07) is 0.0660. The fourth-order valence-corrected chi connectivity index (χ4v) is 2.47. The van der Waals surface area contributed by atoms with Gasteiger partial charge in [0.1, 0.15) is 5.60 Å². The number of hydrogen-bond acceptors (Lipinski definition) is 5. The van der Waals surface area contributed by atoms with Crippen molar-refractivity contribution in [1.29, 1.82) is 0 Å². The van der Waals surface area contributed by atoms with Crippen molar-refractivity contribution in [2.45, 2.75) is 44.4 Å². The van der Waals surface area contributed by atoms with Gasteiger partial charge in [0, 0.05) is 13.2 Å². The van der Waals surface area contributed by atoms with Crippen molar-refractivity contribution >= 4 is 6.09 Å². The molecule has 0 radical (unpaired) electrons. The zero-order valence-electron chi connectivity index (χ0n) is 12.0. The van der Waals surface area contributed by atoms with Crippen LogP contribution in [0.2, 0.25) is 0 Å². The molecule has 0 aromatic carbocycles. The average molecular weight is 272 g/mol. The van der Waals surface area contributed by atoms with Gasteiger partial charge in [-0.15, -0.1) is 0 Å². The second-order valence-electron chi connectivity index (χ2n) is 6.17. The van der Waals surface area contributed by atoms with E-state index in [0.717, 1.165) is 13.0 Å². The van der Waals surface area contributed by atoms with Crippen LogP contribution in [0.5, 0.6) is 0 Å². The molecule has 1 amide bonds. The van der Waals surface area contributed by atoms with Crippen LogP contribution < -0.4 is 10.6 Å². The summed E-state index contributed by atoms with van der Waals surface area (Å²) >= 11 is 0. The second-order valence-corrected chi connectivity index (χ2v) is 6.17. The van der Waals surface area contributed by atoms with Crippen LogP contribution in [0.1, 0.15) is 27.2 Å². The Morgan fingerprint density at radius 2 is 2.16 bits per heavy atom. The van der Waals surface area contributed by atoms with Crippen molar-refractivity contribution in [2.75, 3.05) is 33.0 Å². The smallest absolute Gasteiger partial charge is 0.408 e. The standard InChI is InChI=1S/C13H24N2O4/c1-12(2,3)19-11(16)15-13(4-6-18-9-13)10-8-17-7-5-14-10/h10,14H,4-9H2,1-3H3,(H,15,16). The van der Waals surface area contributed by atoms with Crippen LogP contribution in [-0.2, 0) is 14.2 Å². The first kappa shape index (κ1) is 14.6. The van der Waals surface area contributed by atoms with E-state index in [4.69, 9.17) is 14.2 Å². The lowest BCUT2D eigenvalue weighted by Gasteiger charge is -2.39. The number of hydrogen-bond donors (Lipinski definition) is 2. The normalized spacial score (nSPS) is 32.1. The summed E-state index contributed by atoms with van der Waals surface area (Å²) in [4.78, 5) is 12.0. The molecule has 2 aliphatic rings. The van der Waals surface area contributed by atoms with Gasteiger partial charge in [0.15, 0.2) is 0 Å². The predicted molar refractivity (Wildman–Crippen MR) is 70.1 cm³/mol.